The van der Waals surface area contributed by atoms with E-state index >= 15 is 0 Å². The second-order valence-corrected chi connectivity index (χ2v) is 6.57. The third kappa shape index (κ3) is 5.42. The van der Waals surface area contributed by atoms with Gasteiger partial charge in [0.25, 0.3) is 0 Å². The van der Waals surface area contributed by atoms with Crippen LogP contribution in [0, 0.1) is 5.41 Å². The van der Waals surface area contributed by atoms with Crippen molar-refractivity contribution in [2.24, 2.45) is 5.41 Å². The van der Waals surface area contributed by atoms with E-state index in [2.05, 4.69) is 5.32 Å². The Morgan fingerprint density at radius 1 is 1.29 bits per heavy atom. The summed E-state index contributed by atoms with van der Waals surface area (Å²) in [6.45, 7) is 0. The molecule has 1 saturated carbocycles. The lowest BCUT2D eigenvalue weighted by Crippen LogP contribution is -2.15. The fraction of sp³-hybridized carbons (Fsp3) is 0.500. The molecule has 1 aliphatic carbocycles. The van der Waals surface area contributed by atoms with Gasteiger partial charge in [-0.2, -0.15) is 11.8 Å². The first-order valence-electron chi connectivity index (χ1n) is 7.13. The lowest BCUT2D eigenvalue weighted by Gasteiger charge is -2.12. The van der Waals surface area contributed by atoms with E-state index in [0.29, 0.717) is 12.8 Å². The number of hydrogen-bond acceptors (Lipinski definition) is 4. The van der Waals surface area contributed by atoms with E-state index in [1.165, 1.54) is 7.11 Å². The summed E-state index contributed by atoms with van der Waals surface area (Å²) in [7, 11) is 1.43. The van der Waals surface area contributed by atoms with Gasteiger partial charge in [-0.3, -0.25) is 9.59 Å². The average Bonchev–Trinajstić information content (AvgIpc) is 3.24. The molecule has 0 aromatic heterocycles. The smallest absolute Gasteiger partial charge is 0.306 e. The van der Waals surface area contributed by atoms with Gasteiger partial charge in [0.15, 0.2) is 0 Å². The summed E-state index contributed by atoms with van der Waals surface area (Å²) in [5.41, 5.74) is 0.963. The molecule has 0 atom stereocenters. The number of hydrogen-bond donors (Lipinski definition) is 1. The molecule has 0 radical (unpaired) electrons. The third-order valence-corrected chi connectivity index (χ3v) is 4.95. The lowest BCUT2D eigenvalue weighted by molar-refractivity contribution is -0.141. The molecule has 0 aliphatic heterocycles. The standard InChI is InChI=1S/C16H21NO3S/c1-20-15(19)11-16(8-9-16)12-21-10-7-14(18)17-13-5-3-2-4-6-13/h2-6H,7-12H2,1H3,(H,17,18). The van der Waals surface area contributed by atoms with Crippen molar-refractivity contribution in [2.45, 2.75) is 25.7 Å². The normalized spacial score (nSPS) is 15.3. The van der Waals surface area contributed by atoms with Gasteiger partial charge in [-0.15, -0.1) is 0 Å². The SMILES string of the molecule is COC(=O)CC1(CSCCC(=O)Nc2ccccc2)CC1. The molecule has 4 nitrogen and oxygen atoms in total. The number of carbonyl (C=O) groups excluding carboxylic acids is 2. The molecule has 1 fully saturated rings. The van der Waals surface area contributed by atoms with Crippen LogP contribution in [0.3, 0.4) is 0 Å². The summed E-state index contributed by atoms with van der Waals surface area (Å²) in [5.74, 6) is 1.61. The van der Waals surface area contributed by atoms with Crippen molar-refractivity contribution in [2.75, 3.05) is 23.9 Å². The van der Waals surface area contributed by atoms with Gasteiger partial charge >= 0.3 is 5.97 Å². The van der Waals surface area contributed by atoms with Crippen LogP contribution in [0.15, 0.2) is 30.3 Å². The fourth-order valence-electron chi connectivity index (χ4n) is 2.13. The van der Waals surface area contributed by atoms with Crippen LogP contribution in [0.2, 0.25) is 0 Å². The number of methoxy groups -OCH3 is 1. The van der Waals surface area contributed by atoms with Crippen LogP contribution in [-0.2, 0) is 14.3 Å². The Bertz CT molecular complexity index is 486. The molecule has 21 heavy (non-hydrogen) atoms. The molecule has 0 spiro atoms. The highest BCUT2D eigenvalue weighted by Gasteiger charge is 2.44. The molecule has 2 rings (SSSR count). The van der Waals surface area contributed by atoms with Crippen LogP contribution in [0.25, 0.3) is 0 Å². The van der Waals surface area contributed by atoms with Crippen LogP contribution < -0.4 is 5.32 Å². The van der Waals surface area contributed by atoms with Crippen molar-refractivity contribution in [1.82, 2.24) is 0 Å². The summed E-state index contributed by atoms with van der Waals surface area (Å²) in [4.78, 5) is 23.1. The van der Waals surface area contributed by atoms with E-state index in [4.69, 9.17) is 4.74 Å². The van der Waals surface area contributed by atoms with Gasteiger partial charge in [-0.1, -0.05) is 18.2 Å². The van der Waals surface area contributed by atoms with Gasteiger partial charge in [0.1, 0.15) is 0 Å². The van der Waals surface area contributed by atoms with E-state index in [-0.39, 0.29) is 17.3 Å². The Kier molecular flexibility index (Phi) is 5.67. The molecule has 5 heteroatoms. The van der Waals surface area contributed by atoms with Crippen LogP contribution in [0.1, 0.15) is 25.7 Å². The molecule has 1 aromatic carbocycles. The average molecular weight is 307 g/mol. The number of para-hydroxylation sites is 1. The van der Waals surface area contributed by atoms with Gasteiger partial charge in [0.05, 0.1) is 13.5 Å². The summed E-state index contributed by atoms with van der Waals surface area (Å²) in [6, 6.07) is 9.46. The topological polar surface area (TPSA) is 55.4 Å². The Morgan fingerprint density at radius 3 is 2.62 bits per heavy atom. The van der Waals surface area contributed by atoms with Crippen molar-refractivity contribution >= 4 is 29.3 Å². The summed E-state index contributed by atoms with van der Waals surface area (Å²) < 4.78 is 4.72. The number of ether oxygens (including phenoxy) is 1. The summed E-state index contributed by atoms with van der Waals surface area (Å²) in [6.07, 6.45) is 3.18. The Labute approximate surface area is 129 Å². The minimum Gasteiger partial charge on any atom is -0.469 e. The number of thioether (sulfide) groups is 1. The van der Waals surface area contributed by atoms with Crippen molar-refractivity contribution in [3.63, 3.8) is 0 Å². The molecule has 0 saturated heterocycles. The molecule has 1 N–H and O–H groups in total. The van der Waals surface area contributed by atoms with Crippen LogP contribution in [0.4, 0.5) is 5.69 Å². The summed E-state index contributed by atoms with van der Waals surface area (Å²) >= 11 is 1.75. The predicted molar refractivity (Wildman–Crippen MR) is 85.3 cm³/mol. The number of esters is 1. The molecule has 1 aliphatic rings. The highest BCUT2D eigenvalue weighted by atomic mass is 32.2. The highest BCUT2D eigenvalue weighted by molar-refractivity contribution is 7.99. The maximum atomic E-state index is 11.8. The molecule has 0 bridgehead atoms. The fourth-order valence-corrected chi connectivity index (χ4v) is 3.42. The monoisotopic (exact) mass is 307 g/mol. The molecule has 1 aromatic rings. The predicted octanol–water partition coefficient (Wildman–Crippen LogP) is 3.09. The second kappa shape index (κ2) is 7.50. The van der Waals surface area contributed by atoms with Crippen molar-refractivity contribution < 1.29 is 14.3 Å². The van der Waals surface area contributed by atoms with Crippen molar-refractivity contribution in [3.05, 3.63) is 30.3 Å². The largest absolute Gasteiger partial charge is 0.469 e. The number of rotatable bonds is 8. The molecular weight excluding hydrogens is 286 g/mol. The van der Waals surface area contributed by atoms with Crippen LogP contribution in [0.5, 0.6) is 0 Å². The molecular formula is C16H21NO3S. The van der Waals surface area contributed by atoms with E-state index in [0.717, 1.165) is 30.0 Å². The zero-order valence-electron chi connectivity index (χ0n) is 12.3. The maximum absolute atomic E-state index is 11.8. The first kappa shape index (κ1) is 15.9. The molecule has 1 amide bonds. The lowest BCUT2D eigenvalue weighted by atomic mass is 10.1. The summed E-state index contributed by atoms with van der Waals surface area (Å²) in [5, 5.41) is 2.87. The van der Waals surface area contributed by atoms with Gasteiger partial charge in [0.2, 0.25) is 5.91 Å². The molecule has 0 unspecified atom stereocenters. The number of nitrogens with one attached hydrogen (secondary N) is 1. The van der Waals surface area contributed by atoms with Crippen LogP contribution >= 0.6 is 11.8 Å². The van der Waals surface area contributed by atoms with Crippen LogP contribution in [-0.4, -0.2) is 30.5 Å². The minimum absolute atomic E-state index is 0.0338. The van der Waals surface area contributed by atoms with Crippen molar-refractivity contribution in [3.8, 4) is 0 Å². The number of amides is 1. The molecule has 114 valence electrons. The second-order valence-electron chi connectivity index (χ2n) is 5.47. The first-order chi connectivity index (χ1) is 10.1. The van der Waals surface area contributed by atoms with Gasteiger partial charge < -0.3 is 10.1 Å². The van der Waals surface area contributed by atoms with Gasteiger partial charge in [-0.25, -0.2) is 0 Å². The Balaban J connectivity index is 1.61. The number of carbonyl (C=O) groups is 2. The maximum Gasteiger partial charge on any atom is 0.306 e. The van der Waals surface area contributed by atoms with Gasteiger partial charge in [0, 0.05) is 17.9 Å². The Morgan fingerprint density at radius 2 is 2.00 bits per heavy atom. The highest BCUT2D eigenvalue weighted by Crippen LogP contribution is 2.51. The van der Waals surface area contributed by atoms with E-state index < -0.39 is 0 Å². The van der Waals surface area contributed by atoms with E-state index in [1.54, 1.807) is 11.8 Å². The first-order valence-corrected chi connectivity index (χ1v) is 8.28. The quantitative estimate of drug-likeness (QED) is 0.592. The number of benzene rings is 1. The molecule has 0 heterocycles. The van der Waals surface area contributed by atoms with E-state index in [1.807, 2.05) is 30.3 Å². The Hall–Kier alpha value is -1.49. The van der Waals surface area contributed by atoms with Crippen molar-refractivity contribution in [1.29, 1.82) is 0 Å². The van der Waals surface area contributed by atoms with Gasteiger partial charge in [-0.05, 0) is 36.1 Å². The third-order valence-electron chi connectivity index (χ3n) is 3.64. The zero-order valence-corrected chi connectivity index (χ0v) is 13.1. The number of anilines is 1. The zero-order chi connectivity index (χ0) is 15.1. The van der Waals surface area contributed by atoms with E-state index in [9.17, 15) is 9.59 Å². The minimum atomic E-state index is -0.130.